The molecule has 2 bridgehead atoms. The van der Waals surface area contributed by atoms with Crippen LogP contribution in [0.2, 0.25) is 0 Å². The quantitative estimate of drug-likeness (QED) is 0.765. The number of urea groups is 1. The normalized spacial score (nSPS) is 27.6. The van der Waals surface area contributed by atoms with Gasteiger partial charge in [0.15, 0.2) is 5.78 Å². The number of amides is 3. The number of carbonyl (C=O) groups is 3. The summed E-state index contributed by atoms with van der Waals surface area (Å²) in [6.07, 6.45) is 0.566. The maximum Gasteiger partial charge on any atom is 0.345 e. The van der Waals surface area contributed by atoms with E-state index in [1.54, 1.807) is 0 Å². The molecule has 0 radical (unpaired) electrons. The second-order valence-electron chi connectivity index (χ2n) is 7.47. The van der Waals surface area contributed by atoms with Crippen LogP contribution >= 0.6 is 0 Å². The monoisotopic (exact) mass is 393 g/mol. The van der Waals surface area contributed by atoms with Crippen molar-refractivity contribution >= 4 is 17.7 Å². The van der Waals surface area contributed by atoms with E-state index >= 15 is 0 Å². The van der Waals surface area contributed by atoms with E-state index in [0.29, 0.717) is 19.4 Å². The number of hydroxylamine groups is 2. The maximum atomic E-state index is 12.9. The molecule has 0 spiro atoms. The van der Waals surface area contributed by atoms with Gasteiger partial charge in [-0.3, -0.25) is 14.4 Å². The SMILES string of the molecule is O=C(CNC(=O)[C@@H]1CC[C@@H]2CN1C(=O)N2OCc1ccccc1)C1CC1(F)F. The van der Waals surface area contributed by atoms with Crippen molar-refractivity contribution in [2.24, 2.45) is 5.92 Å². The summed E-state index contributed by atoms with van der Waals surface area (Å²) < 4.78 is 25.9. The van der Waals surface area contributed by atoms with Gasteiger partial charge in [0.05, 0.1) is 18.5 Å². The molecule has 1 aromatic carbocycles. The summed E-state index contributed by atoms with van der Waals surface area (Å²) >= 11 is 0. The second-order valence-corrected chi connectivity index (χ2v) is 7.47. The zero-order valence-electron chi connectivity index (χ0n) is 15.1. The number of alkyl halides is 2. The molecular weight excluding hydrogens is 372 g/mol. The largest absolute Gasteiger partial charge is 0.347 e. The molecule has 4 rings (SSSR count). The van der Waals surface area contributed by atoms with Crippen molar-refractivity contribution in [3.05, 3.63) is 35.9 Å². The van der Waals surface area contributed by atoms with E-state index in [0.717, 1.165) is 5.56 Å². The highest BCUT2D eigenvalue weighted by atomic mass is 19.3. The molecule has 3 atom stereocenters. The number of hydrogen-bond donors (Lipinski definition) is 1. The Kier molecular flexibility index (Phi) is 4.78. The van der Waals surface area contributed by atoms with Crippen molar-refractivity contribution in [1.82, 2.24) is 15.3 Å². The number of halogens is 2. The first kappa shape index (κ1) is 18.8. The van der Waals surface area contributed by atoms with Gasteiger partial charge in [-0.05, 0) is 18.4 Å². The number of piperidine rings is 1. The van der Waals surface area contributed by atoms with Crippen molar-refractivity contribution in [3.8, 4) is 0 Å². The standard InChI is InChI=1S/C19H21F2N3O4/c20-19(21)8-14(19)16(25)9-22-17(26)15-7-6-13-10-23(15)18(27)24(13)28-11-12-4-2-1-3-5-12/h1-5,13-15H,6-11H2,(H,22,26)/t13-,14?,15+/m1/s1. The van der Waals surface area contributed by atoms with Gasteiger partial charge in [0.2, 0.25) is 5.91 Å². The number of ketones is 1. The molecule has 1 aliphatic carbocycles. The Hall–Kier alpha value is -2.55. The minimum absolute atomic E-state index is 0.132. The van der Waals surface area contributed by atoms with Crippen LogP contribution < -0.4 is 5.32 Å². The predicted octanol–water partition coefficient (Wildman–Crippen LogP) is 1.73. The number of nitrogens with one attached hydrogen (secondary N) is 1. The zero-order valence-corrected chi connectivity index (χ0v) is 15.1. The van der Waals surface area contributed by atoms with E-state index in [1.807, 2.05) is 30.3 Å². The molecule has 2 saturated heterocycles. The van der Waals surface area contributed by atoms with E-state index < -0.39 is 48.6 Å². The van der Waals surface area contributed by atoms with Gasteiger partial charge in [0, 0.05) is 13.0 Å². The molecule has 2 heterocycles. The van der Waals surface area contributed by atoms with Gasteiger partial charge in [-0.1, -0.05) is 30.3 Å². The van der Waals surface area contributed by atoms with Gasteiger partial charge < -0.3 is 10.2 Å². The average molecular weight is 393 g/mol. The van der Waals surface area contributed by atoms with Crippen molar-refractivity contribution in [3.63, 3.8) is 0 Å². The van der Waals surface area contributed by atoms with Gasteiger partial charge in [-0.25, -0.2) is 13.6 Å². The average Bonchev–Trinajstić information content (AvgIpc) is 3.27. The third kappa shape index (κ3) is 3.58. The fraction of sp³-hybridized carbons (Fsp3) is 0.526. The summed E-state index contributed by atoms with van der Waals surface area (Å²) in [5.41, 5.74) is 0.927. The molecule has 150 valence electrons. The van der Waals surface area contributed by atoms with Gasteiger partial charge >= 0.3 is 6.03 Å². The maximum absolute atomic E-state index is 12.9. The lowest BCUT2D eigenvalue weighted by molar-refractivity contribution is -0.140. The van der Waals surface area contributed by atoms with Gasteiger partial charge in [-0.15, -0.1) is 0 Å². The zero-order chi connectivity index (χ0) is 19.9. The van der Waals surface area contributed by atoms with Crippen LogP contribution in [0, 0.1) is 5.92 Å². The first-order valence-electron chi connectivity index (χ1n) is 9.32. The summed E-state index contributed by atoms with van der Waals surface area (Å²) in [5.74, 6) is -5.40. The Morgan fingerprint density at radius 1 is 1.21 bits per heavy atom. The molecule has 1 aromatic rings. The minimum atomic E-state index is -2.94. The topological polar surface area (TPSA) is 79.0 Å². The van der Waals surface area contributed by atoms with Crippen LogP contribution in [0.15, 0.2) is 30.3 Å². The molecule has 1 N–H and O–H groups in total. The van der Waals surface area contributed by atoms with Crippen LogP contribution in [0.4, 0.5) is 13.6 Å². The lowest BCUT2D eigenvalue weighted by Gasteiger charge is -2.29. The lowest BCUT2D eigenvalue weighted by Crippen LogP contribution is -2.50. The van der Waals surface area contributed by atoms with Crippen LogP contribution in [0.3, 0.4) is 0 Å². The molecule has 3 aliphatic rings. The Bertz CT molecular complexity index is 789. The van der Waals surface area contributed by atoms with E-state index in [1.165, 1.54) is 9.96 Å². The molecule has 28 heavy (non-hydrogen) atoms. The van der Waals surface area contributed by atoms with Crippen LogP contribution in [-0.2, 0) is 21.0 Å². The van der Waals surface area contributed by atoms with Crippen LogP contribution in [0.25, 0.3) is 0 Å². The fourth-order valence-corrected chi connectivity index (χ4v) is 3.77. The fourth-order valence-electron chi connectivity index (χ4n) is 3.77. The molecule has 2 aliphatic heterocycles. The van der Waals surface area contributed by atoms with Crippen molar-refractivity contribution in [2.75, 3.05) is 13.1 Å². The summed E-state index contributed by atoms with van der Waals surface area (Å²) in [7, 11) is 0. The smallest absolute Gasteiger partial charge is 0.345 e. The minimum Gasteiger partial charge on any atom is -0.347 e. The Labute approximate surface area is 160 Å². The Balaban J connectivity index is 1.31. The second kappa shape index (κ2) is 7.12. The Morgan fingerprint density at radius 2 is 1.93 bits per heavy atom. The van der Waals surface area contributed by atoms with Gasteiger partial charge in [0.1, 0.15) is 12.6 Å². The Morgan fingerprint density at radius 3 is 2.61 bits per heavy atom. The van der Waals surface area contributed by atoms with E-state index in [-0.39, 0.29) is 12.6 Å². The van der Waals surface area contributed by atoms with E-state index in [4.69, 9.17) is 4.84 Å². The molecule has 3 fully saturated rings. The highest BCUT2D eigenvalue weighted by molar-refractivity contribution is 5.93. The van der Waals surface area contributed by atoms with E-state index in [2.05, 4.69) is 5.32 Å². The van der Waals surface area contributed by atoms with Crippen molar-refractivity contribution < 1.29 is 28.0 Å². The van der Waals surface area contributed by atoms with Gasteiger partial charge in [-0.2, -0.15) is 5.06 Å². The molecule has 7 nitrogen and oxygen atoms in total. The number of hydrogen-bond acceptors (Lipinski definition) is 4. The number of rotatable bonds is 7. The molecular formula is C19H21F2N3O4. The molecule has 3 amide bonds. The molecule has 0 aromatic heterocycles. The van der Waals surface area contributed by atoms with Crippen molar-refractivity contribution in [2.45, 2.75) is 43.9 Å². The van der Waals surface area contributed by atoms with Crippen molar-refractivity contribution in [1.29, 1.82) is 0 Å². The third-order valence-electron chi connectivity index (χ3n) is 5.49. The lowest BCUT2D eigenvalue weighted by atomic mass is 10.0. The summed E-state index contributed by atoms with van der Waals surface area (Å²) in [6.45, 7) is 0.174. The summed E-state index contributed by atoms with van der Waals surface area (Å²) in [4.78, 5) is 43.9. The predicted molar refractivity (Wildman–Crippen MR) is 93.1 cm³/mol. The first-order valence-corrected chi connectivity index (χ1v) is 9.32. The molecule has 9 heteroatoms. The third-order valence-corrected chi connectivity index (χ3v) is 5.49. The van der Waals surface area contributed by atoms with Crippen LogP contribution in [0.1, 0.15) is 24.8 Å². The van der Waals surface area contributed by atoms with Crippen LogP contribution in [0.5, 0.6) is 0 Å². The van der Waals surface area contributed by atoms with E-state index in [9.17, 15) is 23.2 Å². The van der Waals surface area contributed by atoms with Gasteiger partial charge in [0.25, 0.3) is 5.92 Å². The number of fused-ring (bicyclic) bond motifs is 2. The molecule has 1 unspecified atom stereocenters. The molecule has 1 saturated carbocycles. The summed E-state index contributed by atoms with van der Waals surface area (Å²) in [5, 5.41) is 3.73. The summed E-state index contributed by atoms with van der Waals surface area (Å²) in [6, 6.07) is 8.19. The first-order chi connectivity index (χ1) is 13.4. The van der Waals surface area contributed by atoms with Crippen LogP contribution in [-0.4, -0.2) is 58.8 Å². The number of nitrogens with zero attached hydrogens (tertiary/aromatic N) is 2. The number of Topliss-reactive ketones (excluding diaryl/α,β-unsaturated/α-hetero) is 1. The highest BCUT2D eigenvalue weighted by Crippen LogP contribution is 2.48. The number of carbonyl (C=O) groups excluding carboxylic acids is 3. The highest BCUT2D eigenvalue weighted by Gasteiger charge is 2.60. The number of benzene rings is 1.